The molecule has 0 amide bonds. The minimum Gasteiger partial charge on any atom is -0.303 e. The quantitative estimate of drug-likeness (QED) is 0.152. The molecule has 0 atom stereocenters. The lowest BCUT2D eigenvalue weighted by molar-refractivity contribution is 0.273. The van der Waals surface area contributed by atoms with Gasteiger partial charge in [-0.3, -0.25) is 0 Å². The van der Waals surface area contributed by atoms with Crippen LogP contribution in [-0.4, -0.2) is 24.5 Å². The van der Waals surface area contributed by atoms with E-state index < -0.39 is 0 Å². The average molecular weight is 478 g/mol. The minimum absolute atomic E-state index is 0.883. The molecule has 0 saturated carbocycles. The van der Waals surface area contributed by atoms with Crippen molar-refractivity contribution in [3.05, 3.63) is 71.8 Å². The molecule has 0 N–H and O–H groups in total. The summed E-state index contributed by atoms with van der Waals surface area (Å²) < 4.78 is 0. The van der Waals surface area contributed by atoms with E-state index in [1.165, 1.54) is 121 Å². The van der Waals surface area contributed by atoms with E-state index in [1.54, 1.807) is 0 Å². The van der Waals surface area contributed by atoms with Gasteiger partial charge < -0.3 is 4.90 Å². The van der Waals surface area contributed by atoms with Gasteiger partial charge in [0, 0.05) is 13.1 Å². The largest absolute Gasteiger partial charge is 0.303 e. The Kier molecular flexibility index (Phi) is 17.4. The standard InChI is InChI=1S/C34H55N/c1-32(2)22-16-12-10-8-6-4-3-5-7-9-11-13-21-29-35(30-27-33-23-17-14-18-24-33)31-28-34-25-19-15-20-26-34/h14-15,17-20,23-26,32H,3-13,16,21-22,27-31H2,1-2H3. The van der Waals surface area contributed by atoms with Crippen LogP contribution >= 0.6 is 0 Å². The SMILES string of the molecule is CC(C)CCCCCCCCCCCCCCCN(CCc1ccccc1)CCc1ccccc1. The summed E-state index contributed by atoms with van der Waals surface area (Å²) in [7, 11) is 0. The molecule has 0 unspecified atom stereocenters. The van der Waals surface area contributed by atoms with Gasteiger partial charge >= 0.3 is 0 Å². The fourth-order valence-electron chi connectivity index (χ4n) is 5.03. The van der Waals surface area contributed by atoms with Gasteiger partial charge in [-0.15, -0.1) is 0 Å². The average Bonchev–Trinajstić information content (AvgIpc) is 2.88. The van der Waals surface area contributed by atoms with Crippen molar-refractivity contribution in [3.63, 3.8) is 0 Å². The fraction of sp³-hybridized carbons (Fsp3) is 0.647. The molecular weight excluding hydrogens is 422 g/mol. The van der Waals surface area contributed by atoms with E-state index >= 15 is 0 Å². The molecule has 0 heterocycles. The number of hydrogen-bond acceptors (Lipinski definition) is 1. The zero-order chi connectivity index (χ0) is 24.8. The highest BCUT2D eigenvalue weighted by molar-refractivity contribution is 5.16. The van der Waals surface area contributed by atoms with Crippen molar-refractivity contribution in [1.82, 2.24) is 4.90 Å². The van der Waals surface area contributed by atoms with Gasteiger partial charge in [-0.1, -0.05) is 158 Å². The molecule has 0 aliphatic rings. The molecule has 0 saturated heterocycles. The van der Waals surface area contributed by atoms with Crippen LogP contribution in [0, 0.1) is 5.92 Å². The molecule has 1 nitrogen and oxygen atoms in total. The topological polar surface area (TPSA) is 3.24 Å². The second-order valence-electron chi connectivity index (χ2n) is 11.1. The summed E-state index contributed by atoms with van der Waals surface area (Å²) in [5.74, 6) is 0.883. The molecule has 2 aromatic carbocycles. The molecule has 0 aromatic heterocycles. The molecular formula is C34H55N. The van der Waals surface area contributed by atoms with Crippen molar-refractivity contribution in [3.8, 4) is 0 Å². The van der Waals surface area contributed by atoms with E-state index in [4.69, 9.17) is 0 Å². The van der Waals surface area contributed by atoms with Crippen LogP contribution in [0.1, 0.15) is 115 Å². The Balaban J connectivity index is 1.48. The first kappa shape index (κ1) is 29.6. The smallest absolute Gasteiger partial charge is 0.00219 e. The summed E-state index contributed by atoms with van der Waals surface area (Å²) in [6.07, 6.45) is 22.4. The molecule has 0 aliphatic carbocycles. The van der Waals surface area contributed by atoms with Gasteiger partial charge in [-0.2, -0.15) is 0 Å². The lowest BCUT2D eigenvalue weighted by atomic mass is 10.0. The second-order valence-corrected chi connectivity index (χ2v) is 11.1. The van der Waals surface area contributed by atoms with E-state index in [0.29, 0.717) is 0 Å². The van der Waals surface area contributed by atoms with Crippen LogP contribution in [0.5, 0.6) is 0 Å². The molecule has 2 aromatic rings. The van der Waals surface area contributed by atoms with Crippen molar-refractivity contribution in [2.45, 2.75) is 117 Å². The zero-order valence-corrected chi connectivity index (χ0v) is 23.2. The molecule has 2 rings (SSSR count). The fourth-order valence-corrected chi connectivity index (χ4v) is 5.03. The Labute approximate surface area is 218 Å². The predicted molar refractivity (Wildman–Crippen MR) is 156 cm³/mol. The molecule has 0 fully saturated rings. The normalized spacial score (nSPS) is 11.5. The van der Waals surface area contributed by atoms with Gasteiger partial charge in [0.2, 0.25) is 0 Å². The maximum absolute atomic E-state index is 2.70. The third-order valence-corrected chi connectivity index (χ3v) is 7.37. The number of hydrogen-bond donors (Lipinski definition) is 0. The Morgan fingerprint density at radius 2 is 0.829 bits per heavy atom. The molecule has 0 radical (unpaired) electrons. The zero-order valence-electron chi connectivity index (χ0n) is 23.2. The minimum atomic E-state index is 0.883. The van der Waals surface area contributed by atoms with Crippen LogP contribution in [0.15, 0.2) is 60.7 Å². The summed E-state index contributed by atoms with van der Waals surface area (Å²) in [5, 5.41) is 0. The number of unbranched alkanes of at least 4 members (excludes halogenated alkanes) is 12. The highest BCUT2D eigenvalue weighted by Gasteiger charge is 2.06. The molecule has 1 heteroatoms. The highest BCUT2D eigenvalue weighted by Crippen LogP contribution is 2.15. The molecule has 0 spiro atoms. The van der Waals surface area contributed by atoms with Gasteiger partial charge in [0.25, 0.3) is 0 Å². The van der Waals surface area contributed by atoms with E-state index in [1.807, 2.05) is 0 Å². The van der Waals surface area contributed by atoms with Crippen LogP contribution in [0.2, 0.25) is 0 Å². The van der Waals surface area contributed by atoms with E-state index in [-0.39, 0.29) is 0 Å². The van der Waals surface area contributed by atoms with Crippen LogP contribution in [0.4, 0.5) is 0 Å². The van der Waals surface area contributed by atoms with Crippen LogP contribution in [0.25, 0.3) is 0 Å². The first-order chi connectivity index (χ1) is 17.2. The number of nitrogens with zero attached hydrogens (tertiary/aromatic N) is 1. The van der Waals surface area contributed by atoms with Gasteiger partial charge in [0.15, 0.2) is 0 Å². The second kappa shape index (κ2) is 20.6. The highest BCUT2D eigenvalue weighted by atomic mass is 15.1. The lowest BCUT2D eigenvalue weighted by Crippen LogP contribution is -2.29. The molecule has 196 valence electrons. The van der Waals surface area contributed by atoms with Crippen molar-refractivity contribution in [1.29, 1.82) is 0 Å². The third-order valence-electron chi connectivity index (χ3n) is 7.37. The lowest BCUT2D eigenvalue weighted by Gasteiger charge is -2.22. The van der Waals surface area contributed by atoms with Crippen molar-refractivity contribution >= 4 is 0 Å². The van der Waals surface area contributed by atoms with Crippen molar-refractivity contribution in [2.24, 2.45) is 5.92 Å². The Morgan fingerprint density at radius 3 is 1.23 bits per heavy atom. The Bertz CT molecular complexity index is 650. The van der Waals surface area contributed by atoms with E-state index in [2.05, 4.69) is 79.4 Å². The van der Waals surface area contributed by atoms with E-state index in [9.17, 15) is 0 Å². The van der Waals surface area contributed by atoms with Crippen molar-refractivity contribution in [2.75, 3.05) is 19.6 Å². The Morgan fingerprint density at radius 1 is 0.457 bits per heavy atom. The number of rotatable bonds is 22. The van der Waals surface area contributed by atoms with Crippen LogP contribution in [-0.2, 0) is 12.8 Å². The molecule has 35 heavy (non-hydrogen) atoms. The summed E-state index contributed by atoms with van der Waals surface area (Å²) >= 11 is 0. The summed E-state index contributed by atoms with van der Waals surface area (Å²) in [5.41, 5.74) is 2.92. The predicted octanol–water partition coefficient (Wildman–Crippen LogP) is 9.89. The monoisotopic (exact) mass is 477 g/mol. The van der Waals surface area contributed by atoms with Crippen LogP contribution in [0.3, 0.4) is 0 Å². The molecule has 0 bridgehead atoms. The maximum Gasteiger partial charge on any atom is 0.00219 e. The summed E-state index contributed by atoms with van der Waals surface area (Å²) in [6, 6.07) is 22.0. The first-order valence-electron chi connectivity index (χ1n) is 15.0. The van der Waals surface area contributed by atoms with Gasteiger partial charge in [0.05, 0.1) is 0 Å². The van der Waals surface area contributed by atoms with Gasteiger partial charge in [0.1, 0.15) is 0 Å². The maximum atomic E-state index is 2.70. The third kappa shape index (κ3) is 16.7. The Hall–Kier alpha value is -1.60. The van der Waals surface area contributed by atoms with Gasteiger partial charge in [-0.05, 0) is 42.9 Å². The number of benzene rings is 2. The first-order valence-corrected chi connectivity index (χ1v) is 15.0. The van der Waals surface area contributed by atoms with Gasteiger partial charge in [-0.25, -0.2) is 0 Å². The summed E-state index contributed by atoms with van der Waals surface area (Å²) in [4.78, 5) is 2.70. The van der Waals surface area contributed by atoms with E-state index in [0.717, 1.165) is 18.8 Å². The van der Waals surface area contributed by atoms with Crippen LogP contribution < -0.4 is 0 Å². The van der Waals surface area contributed by atoms with Crippen molar-refractivity contribution < 1.29 is 0 Å². The summed E-state index contributed by atoms with van der Waals surface area (Å²) in [6.45, 7) is 8.28. The molecule has 0 aliphatic heterocycles.